The van der Waals surface area contributed by atoms with E-state index in [9.17, 15) is 9.59 Å². The maximum absolute atomic E-state index is 12.3. The smallest absolute Gasteiger partial charge is 0.237 e. The van der Waals surface area contributed by atoms with E-state index in [-0.39, 0.29) is 18.2 Å². The Labute approximate surface area is 156 Å². The molecule has 0 aliphatic carbocycles. The number of amides is 2. The van der Waals surface area contributed by atoms with Crippen LogP contribution >= 0.6 is 11.3 Å². The molecule has 0 saturated carbocycles. The van der Waals surface area contributed by atoms with E-state index in [2.05, 4.69) is 25.7 Å². The minimum Gasteiger partial charge on any atom is -0.356 e. The molecule has 1 aromatic carbocycles. The normalized spacial score (nSPS) is 17.7. The van der Waals surface area contributed by atoms with Crippen molar-refractivity contribution >= 4 is 23.2 Å². The largest absolute Gasteiger partial charge is 0.356 e. The van der Waals surface area contributed by atoms with E-state index in [1.165, 1.54) is 11.3 Å². The Hall–Kier alpha value is -2.32. The van der Waals surface area contributed by atoms with Gasteiger partial charge in [0.25, 0.3) is 0 Å². The van der Waals surface area contributed by atoms with Gasteiger partial charge in [0, 0.05) is 32.6 Å². The highest BCUT2D eigenvalue weighted by Gasteiger charge is 2.31. The number of hydrogen-bond donors (Lipinski definition) is 2. The Kier molecular flexibility index (Phi) is 6.30. The second-order valence-corrected chi connectivity index (χ2v) is 7.55. The number of carbonyl (C=O) groups excluding carboxylic acids is 2. The van der Waals surface area contributed by atoms with Crippen molar-refractivity contribution < 1.29 is 9.59 Å². The van der Waals surface area contributed by atoms with Gasteiger partial charge >= 0.3 is 0 Å². The summed E-state index contributed by atoms with van der Waals surface area (Å²) in [5.74, 6) is -0.201. The number of aryl methyl sites for hydroxylation is 1. The molecule has 0 bridgehead atoms. The number of hydrogen-bond acceptors (Lipinski definition) is 6. The standard InChI is InChI=1S/C18H23N5O2S/c1-13-21-22-17(26-13)7-8-19-16(24)11-15-18(25)20-9-10-23(15)12-14-5-3-2-4-6-14/h2-6,15H,7-12H2,1H3,(H,19,24)(H,20,25)/t15-/m0/s1. The first-order valence-corrected chi connectivity index (χ1v) is 9.55. The summed E-state index contributed by atoms with van der Waals surface area (Å²) in [5, 5.41) is 15.6. The Morgan fingerprint density at radius 3 is 2.88 bits per heavy atom. The van der Waals surface area contributed by atoms with Crippen LogP contribution in [0.1, 0.15) is 22.0 Å². The highest BCUT2D eigenvalue weighted by molar-refractivity contribution is 7.11. The number of nitrogens with zero attached hydrogens (tertiary/aromatic N) is 3. The van der Waals surface area contributed by atoms with Gasteiger partial charge in [0.2, 0.25) is 11.8 Å². The van der Waals surface area contributed by atoms with Crippen LogP contribution in [-0.2, 0) is 22.6 Å². The zero-order valence-electron chi connectivity index (χ0n) is 14.8. The maximum atomic E-state index is 12.3. The molecule has 1 fully saturated rings. The minimum absolute atomic E-state index is 0.0814. The third kappa shape index (κ3) is 5.09. The highest BCUT2D eigenvalue weighted by atomic mass is 32.1. The molecule has 8 heteroatoms. The predicted molar refractivity (Wildman–Crippen MR) is 99.6 cm³/mol. The molecule has 2 N–H and O–H groups in total. The summed E-state index contributed by atoms with van der Waals surface area (Å²) in [6.45, 7) is 4.42. The van der Waals surface area contributed by atoms with Crippen molar-refractivity contribution in [1.82, 2.24) is 25.7 Å². The molecule has 0 radical (unpaired) electrons. The van der Waals surface area contributed by atoms with Crippen LogP contribution < -0.4 is 10.6 Å². The molecule has 2 aromatic rings. The van der Waals surface area contributed by atoms with E-state index in [0.29, 0.717) is 26.1 Å². The van der Waals surface area contributed by atoms with Gasteiger partial charge in [-0.1, -0.05) is 30.3 Å². The van der Waals surface area contributed by atoms with E-state index in [0.717, 1.165) is 22.1 Å². The zero-order chi connectivity index (χ0) is 18.4. The van der Waals surface area contributed by atoms with Crippen molar-refractivity contribution in [2.75, 3.05) is 19.6 Å². The minimum atomic E-state index is -0.437. The van der Waals surface area contributed by atoms with Gasteiger partial charge in [-0.25, -0.2) is 0 Å². The Bertz CT molecular complexity index is 749. The maximum Gasteiger partial charge on any atom is 0.237 e. The third-order valence-corrected chi connectivity index (χ3v) is 5.18. The molecule has 0 spiro atoms. The summed E-state index contributed by atoms with van der Waals surface area (Å²) >= 11 is 1.53. The van der Waals surface area contributed by atoms with E-state index < -0.39 is 6.04 Å². The quantitative estimate of drug-likeness (QED) is 0.753. The Balaban J connectivity index is 1.52. The Morgan fingerprint density at radius 2 is 2.15 bits per heavy atom. The monoisotopic (exact) mass is 373 g/mol. The van der Waals surface area contributed by atoms with Gasteiger partial charge < -0.3 is 10.6 Å². The number of nitrogens with one attached hydrogen (secondary N) is 2. The SMILES string of the molecule is Cc1nnc(CCNC(=O)C[C@H]2C(=O)NCCN2Cc2ccccc2)s1. The first-order chi connectivity index (χ1) is 12.6. The average Bonchev–Trinajstić information content (AvgIpc) is 3.04. The van der Waals surface area contributed by atoms with Crippen LogP contribution in [0.5, 0.6) is 0 Å². The van der Waals surface area contributed by atoms with Gasteiger partial charge in [0.05, 0.1) is 12.5 Å². The van der Waals surface area contributed by atoms with E-state index in [4.69, 9.17) is 0 Å². The van der Waals surface area contributed by atoms with Crippen LogP contribution in [0.15, 0.2) is 30.3 Å². The molecule has 7 nitrogen and oxygen atoms in total. The number of aromatic nitrogens is 2. The first kappa shape index (κ1) is 18.5. The summed E-state index contributed by atoms with van der Waals surface area (Å²) in [7, 11) is 0. The third-order valence-electron chi connectivity index (χ3n) is 4.28. The molecule has 138 valence electrons. The molecule has 26 heavy (non-hydrogen) atoms. The van der Waals surface area contributed by atoms with Crippen molar-refractivity contribution in [1.29, 1.82) is 0 Å². The van der Waals surface area contributed by atoms with Gasteiger partial charge in [-0.05, 0) is 12.5 Å². The van der Waals surface area contributed by atoms with Crippen molar-refractivity contribution in [3.63, 3.8) is 0 Å². The lowest BCUT2D eigenvalue weighted by Gasteiger charge is -2.34. The van der Waals surface area contributed by atoms with Gasteiger partial charge in [-0.3, -0.25) is 14.5 Å². The lowest BCUT2D eigenvalue weighted by Crippen LogP contribution is -2.56. The van der Waals surface area contributed by atoms with Crippen LogP contribution in [0.2, 0.25) is 0 Å². The molecule has 0 unspecified atom stereocenters. The van der Waals surface area contributed by atoms with Crippen LogP contribution in [-0.4, -0.2) is 52.6 Å². The summed E-state index contributed by atoms with van der Waals surface area (Å²) in [5.41, 5.74) is 1.14. The number of benzene rings is 1. The summed E-state index contributed by atoms with van der Waals surface area (Å²) < 4.78 is 0. The van der Waals surface area contributed by atoms with Crippen LogP contribution in [0.3, 0.4) is 0 Å². The van der Waals surface area contributed by atoms with Gasteiger partial charge in [0.15, 0.2) is 0 Å². The van der Waals surface area contributed by atoms with Crippen LogP contribution in [0.4, 0.5) is 0 Å². The molecule has 1 aliphatic heterocycles. The number of rotatable bonds is 7. The molecule has 1 aliphatic rings. The van der Waals surface area contributed by atoms with Crippen molar-refractivity contribution in [2.45, 2.75) is 32.4 Å². The van der Waals surface area contributed by atoms with Crippen molar-refractivity contribution in [3.8, 4) is 0 Å². The number of piperazine rings is 1. The second-order valence-electron chi connectivity index (χ2n) is 6.28. The zero-order valence-corrected chi connectivity index (χ0v) is 15.6. The van der Waals surface area contributed by atoms with E-state index >= 15 is 0 Å². The van der Waals surface area contributed by atoms with E-state index in [1.54, 1.807) is 0 Å². The van der Waals surface area contributed by atoms with E-state index in [1.807, 2.05) is 37.3 Å². The lowest BCUT2D eigenvalue weighted by molar-refractivity contribution is -0.134. The average molecular weight is 373 g/mol. The highest BCUT2D eigenvalue weighted by Crippen LogP contribution is 2.14. The summed E-state index contributed by atoms with van der Waals surface area (Å²) in [4.78, 5) is 26.7. The second kappa shape index (κ2) is 8.86. The first-order valence-electron chi connectivity index (χ1n) is 8.73. The molecule has 3 rings (SSSR count). The van der Waals surface area contributed by atoms with Crippen molar-refractivity contribution in [3.05, 3.63) is 45.9 Å². The molecule has 1 aromatic heterocycles. The topological polar surface area (TPSA) is 87.2 Å². The Morgan fingerprint density at radius 1 is 1.35 bits per heavy atom. The van der Waals surface area contributed by atoms with Gasteiger partial charge in [0.1, 0.15) is 10.0 Å². The molecule has 2 amide bonds. The molecule has 2 heterocycles. The summed E-state index contributed by atoms with van der Waals surface area (Å²) in [6, 6.07) is 9.57. The van der Waals surface area contributed by atoms with Gasteiger partial charge in [-0.15, -0.1) is 21.5 Å². The molecule has 1 atom stereocenters. The fourth-order valence-electron chi connectivity index (χ4n) is 2.99. The summed E-state index contributed by atoms with van der Waals surface area (Å²) in [6.07, 6.45) is 0.815. The van der Waals surface area contributed by atoms with Crippen LogP contribution in [0, 0.1) is 6.92 Å². The van der Waals surface area contributed by atoms with Crippen molar-refractivity contribution in [2.24, 2.45) is 0 Å². The number of carbonyl (C=O) groups is 2. The molecule has 1 saturated heterocycles. The predicted octanol–water partition coefficient (Wildman–Crippen LogP) is 0.896. The lowest BCUT2D eigenvalue weighted by atomic mass is 10.1. The fraction of sp³-hybridized carbons (Fsp3) is 0.444. The van der Waals surface area contributed by atoms with Crippen LogP contribution in [0.25, 0.3) is 0 Å². The van der Waals surface area contributed by atoms with Gasteiger partial charge in [-0.2, -0.15) is 0 Å². The fourth-order valence-corrected chi connectivity index (χ4v) is 3.69. The molecular weight excluding hydrogens is 350 g/mol. The molecular formula is C18H23N5O2S.